The number of aromatic nitrogens is 2. The largest absolute Gasteiger partial charge is 0.492 e. The van der Waals surface area contributed by atoms with E-state index in [0.717, 1.165) is 44.2 Å². The Morgan fingerprint density at radius 2 is 2.00 bits per heavy atom. The Kier molecular flexibility index (Phi) is 6.26. The van der Waals surface area contributed by atoms with Gasteiger partial charge in [-0.2, -0.15) is 5.10 Å². The fraction of sp³-hybridized carbons (Fsp3) is 0.526. The molecule has 0 saturated heterocycles. The van der Waals surface area contributed by atoms with Gasteiger partial charge in [-0.1, -0.05) is 12.1 Å². The van der Waals surface area contributed by atoms with Gasteiger partial charge in [-0.3, -0.25) is 9.58 Å². The zero-order valence-corrected chi connectivity index (χ0v) is 15.5. The molecule has 0 saturated carbocycles. The first kappa shape index (κ1) is 18.8. The summed E-state index contributed by atoms with van der Waals surface area (Å²) in [5.74, 6) is 0.898. The molecule has 1 atom stereocenters. The fourth-order valence-electron chi connectivity index (χ4n) is 3.03. The van der Waals surface area contributed by atoms with Crippen molar-refractivity contribution in [1.29, 1.82) is 0 Å². The van der Waals surface area contributed by atoms with E-state index in [1.807, 2.05) is 37.0 Å². The van der Waals surface area contributed by atoms with E-state index < -0.39 is 6.10 Å². The molecular weight excluding hydrogens is 332 g/mol. The van der Waals surface area contributed by atoms with Gasteiger partial charge in [0.05, 0.1) is 24.5 Å². The van der Waals surface area contributed by atoms with Gasteiger partial charge < -0.3 is 19.8 Å². The smallest absolute Gasteiger partial charge is 0.121 e. The molecule has 0 aliphatic carbocycles. The Bertz CT molecular complexity index is 699. The first-order valence-electron chi connectivity index (χ1n) is 8.99. The van der Waals surface area contributed by atoms with Crippen LogP contribution < -0.4 is 4.74 Å². The number of rotatable bonds is 8. The van der Waals surface area contributed by atoms with E-state index in [2.05, 4.69) is 27.0 Å². The van der Waals surface area contributed by atoms with Crippen LogP contribution in [0, 0.1) is 0 Å². The number of aliphatic hydroxyl groups is 2. The lowest BCUT2D eigenvalue weighted by molar-refractivity contribution is 0.0915. The summed E-state index contributed by atoms with van der Waals surface area (Å²) < 4.78 is 7.66. The molecule has 0 spiro atoms. The molecule has 2 aromatic rings. The molecule has 0 unspecified atom stereocenters. The molecule has 0 amide bonds. The molecule has 1 aromatic carbocycles. The van der Waals surface area contributed by atoms with Gasteiger partial charge in [0, 0.05) is 26.2 Å². The molecule has 1 aromatic heterocycles. The predicted octanol–water partition coefficient (Wildman–Crippen LogP) is 0.865. The number of likely N-dealkylation sites (N-methyl/N-ethyl adjacent to an activating group) is 1. The van der Waals surface area contributed by atoms with Crippen LogP contribution in [-0.4, -0.2) is 70.2 Å². The van der Waals surface area contributed by atoms with Crippen molar-refractivity contribution in [3.05, 3.63) is 47.3 Å². The maximum atomic E-state index is 9.74. The number of aliphatic hydroxyl groups excluding tert-OH is 2. The monoisotopic (exact) mass is 360 g/mol. The lowest BCUT2D eigenvalue weighted by Crippen LogP contribution is -2.33. The van der Waals surface area contributed by atoms with Gasteiger partial charge in [0.2, 0.25) is 0 Å². The first-order chi connectivity index (χ1) is 12.5. The van der Waals surface area contributed by atoms with Gasteiger partial charge in [0.15, 0.2) is 0 Å². The summed E-state index contributed by atoms with van der Waals surface area (Å²) in [6, 6.07) is 10.1. The van der Waals surface area contributed by atoms with Crippen LogP contribution in [0.15, 0.2) is 30.3 Å². The van der Waals surface area contributed by atoms with E-state index in [9.17, 15) is 5.11 Å². The molecule has 1 aliphatic heterocycles. The van der Waals surface area contributed by atoms with E-state index in [0.29, 0.717) is 12.3 Å². The number of fused-ring (bicyclic) bond motifs is 1. The predicted molar refractivity (Wildman–Crippen MR) is 98.9 cm³/mol. The van der Waals surface area contributed by atoms with Gasteiger partial charge in [0.1, 0.15) is 18.5 Å². The van der Waals surface area contributed by atoms with Crippen LogP contribution in [0.5, 0.6) is 5.75 Å². The average molecular weight is 360 g/mol. The third kappa shape index (κ3) is 4.82. The molecule has 2 heterocycles. The van der Waals surface area contributed by atoms with Crippen LogP contribution in [0.3, 0.4) is 0 Å². The summed E-state index contributed by atoms with van der Waals surface area (Å²) in [6.45, 7) is 4.63. The highest BCUT2D eigenvalue weighted by Gasteiger charge is 2.20. The highest BCUT2D eigenvalue weighted by Crippen LogP contribution is 2.20. The molecule has 2 N–H and O–H groups in total. The topological polar surface area (TPSA) is 74.0 Å². The number of benzene rings is 1. The van der Waals surface area contributed by atoms with Gasteiger partial charge in [-0.25, -0.2) is 0 Å². The fourth-order valence-corrected chi connectivity index (χ4v) is 3.03. The minimum Gasteiger partial charge on any atom is -0.492 e. The number of nitrogens with zero attached hydrogens (tertiary/aromatic N) is 4. The zero-order valence-electron chi connectivity index (χ0n) is 15.5. The molecule has 26 heavy (non-hydrogen) atoms. The van der Waals surface area contributed by atoms with Crippen LogP contribution >= 0.6 is 0 Å². The second-order valence-electron chi connectivity index (χ2n) is 6.99. The third-order valence-electron chi connectivity index (χ3n) is 4.55. The number of ether oxygens (including phenoxy) is 1. The average Bonchev–Trinajstić information content (AvgIpc) is 3.05. The third-order valence-corrected chi connectivity index (χ3v) is 4.55. The van der Waals surface area contributed by atoms with Crippen molar-refractivity contribution in [3.8, 4) is 5.75 Å². The van der Waals surface area contributed by atoms with Gasteiger partial charge in [0.25, 0.3) is 0 Å². The van der Waals surface area contributed by atoms with Crippen LogP contribution in [0.4, 0.5) is 0 Å². The zero-order chi connectivity index (χ0) is 18.5. The molecule has 0 bridgehead atoms. The Hall–Kier alpha value is -1.93. The number of hydrogen-bond donors (Lipinski definition) is 2. The number of hydrogen-bond acceptors (Lipinski definition) is 6. The minimum atomic E-state index is -0.901. The van der Waals surface area contributed by atoms with Crippen molar-refractivity contribution in [1.82, 2.24) is 19.6 Å². The summed E-state index contributed by atoms with van der Waals surface area (Å²) in [7, 11) is 4.06. The van der Waals surface area contributed by atoms with E-state index >= 15 is 0 Å². The Morgan fingerprint density at radius 3 is 2.69 bits per heavy atom. The molecule has 7 heteroatoms. The summed E-state index contributed by atoms with van der Waals surface area (Å²) in [6.07, 6.45) is -0.901. The van der Waals surface area contributed by atoms with Gasteiger partial charge in [-0.15, -0.1) is 0 Å². The maximum Gasteiger partial charge on any atom is 0.121 e. The minimum absolute atomic E-state index is 0.302. The highest BCUT2D eigenvalue weighted by atomic mass is 16.5. The molecule has 7 nitrogen and oxygen atoms in total. The Balaban J connectivity index is 1.54. The van der Waals surface area contributed by atoms with E-state index in [4.69, 9.17) is 9.84 Å². The Labute approximate surface area is 154 Å². The molecular formula is C19H28N4O3. The van der Waals surface area contributed by atoms with Crippen molar-refractivity contribution in [2.24, 2.45) is 0 Å². The van der Waals surface area contributed by atoms with Crippen LogP contribution in [0.2, 0.25) is 0 Å². The summed E-state index contributed by atoms with van der Waals surface area (Å²) in [5.41, 5.74) is 2.86. The summed E-state index contributed by atoms with van der Waals surface area (Å²) >= 11 is 0. The van der Waals surface area contributed by atoms with E-state index in [-0.39, 0.29) is 6.61 Å². The van der Waals surface area contributed by atoms with Crippen molar-refractivity contribution >= 4 is 0 Å². The molecule has 0 fully saturated rings. The van der Waals surface area contributed by atoms with E-state index in [1.54, 1.807) is 0 Å². The highest BCUT2D eigenvalue weighted by molar-refractivity contribution is 5.27. The molecule has 3 rings (SSSR count). The lowest BCUT2D eigenvalue weighted by Gasteiger charge is -2.27. The quantitative estimate of drug-likeness (QED) is 0.728. The molecule has 0 radical (unpaired) electrons. The Morgan fingerprint density at radius 1 is 1.23 bits per heavy atom. The molecule has 142 valence electrons. The van der Waals surface area contributed by atoms with E-state index in [1.165, 1.54) is 5.56 Å². The van der Waals surface area contributed by atoms with Gasteiger partial charge >= 0.3 is 0 Å². The van der Waals surface area contributed by atoms with Crippen molar-refractivity contribution in [2.75, 3.05) is 40.4 Å². The van der Waals surface area contributed by atoms with Crippen LogP contribution in [0.25, 0.3) is 0 Å². The van der Waals surface area contributed by atoms with Crippen molar-refractivity contribution in [3.63, 3.8) is 0 Å². The van der Waals surface area contributed by atoms with Crippen molar-refractivity contribution in [2.45, 2.75) is 25.7 Å². The van der Waals surface area contributed by atoms with Crippen LogP contribution in [0.1, 0.15) is 23.1 Å². The summed E-state index contributed by atoms with van der Waals surface area (Å²) in [5, 5.41) is 23.2. The maximum absolute atomic E-state index is 9.74. The second kappa shape index (κ2) is 8.64. The van der Waals surface area contributed by atoms with Crippen molar-refractivity contribution < 1.29 is 14.9 Å². The molecule has 1 aliphatic rings. The van der Waals surface area contributed by atoms with Gasteiger partial charge in [-0.05, 0) is 37.9 Å². The normalized spacial score (nSPS) is 15.9. The first-order valence-corrected chi connectivity index (χ1v) is 8.99. The van der Waals surface area contributed by atoms with Crippen LogP contribution in [-0.2, 0) is 19.6 Å². The lowest BCUT2D eigenvalue weighted by atomic mass is 10.2. The SMILES string of the molecule is CN(C)CCOc1ccc(CN2CCn3nc([C@H](O)CO)cc3C2)cc1. The second-order valence-corrected chi connectivity index (χ2v) is 6.99. The summed E-state index contributed by atoms with van der Waals surface area (Å²) in [4.78, 5) is 4.45. The standard InChI is InChI=1S/C19H28N4O3/c1-21(2)9-10-26-17-5-3-15(4-6-17)12-22-7-8-23-16(13-22)11-18(20-23)19(25)14-24/h3-6,11,19,24-25H,7-10,12-14H2,1-2H3/t19-/m1/s1.